The van der Waals surface area contributed by atoms with E-state index in [0.29, 0.717) is 28.1 Å². The molecule has 0 aromatic heterocycles. The van der Waals surface area contributed by atoms with Gasteiger partial charge in [0.15, 0.2) is 0 Å². The van der Waals surface area contributed by atoms with Crippen LogP contribution >= 0.6 is 0 Å². The molecule has 0 aromatic carbocycles. The van der Waals surface area contributed by atoms with Crippen LogP contribution in [-0.4, -0.2) is 21.9 Å². The second kappa shape index (κ2) is 7.70. The fraction of sp³-hybridized carbons (Fsp3) is 0.867. The minimum Gasteiger partial charge on any atom is -0.393 e. The first-order chi connectivity index (χ1) is 14.7. The Labute approximate surface area is 198 Å². The van der Waals surface area contributed by atoms with Crippen LogP contribution in [0.3, 0.4) is 0 Å². The number of aliphatic hydroxyl groups excluding tert-OH is 1. The van der Waals surface area contributed by atoms with Crippen LogP contribution < -0.4 is 0 Å². The highest BCUT2D eigenvalue weighted by molar-refractivity contribution is 5.22. The molecule has 4 aliphatic carbocycles. The molecule has 4 rings (SSSR count). The third-order valence-corrected chi connectivity index (χ3v) is 11.8. The summed E-state index contributed by atoms with van der Waals surface area (Å²) in [7, 11) is 0. The number of rotatable bonds is 4. The molecule has 4 aliphatic rings. The normalized spacial score (nSPS) is 48.2. The Morgan fingerprint density at radius 1 is 0.906 bits per heavy atom. The van der Waals surface area contributed by atoms with E-state index in [1.54, 1.807) is 0 Å². The summed E-state index contributed by atoms with van der Waals surface area (Å²) in [5.74, 6) is 2.84. The topological polar surface area (TPSA) is 40.5 Å². The van der Waals surface area contributed by atoms with Crippen LogP contribution in [-0.2, 0) is 0 Å². The van der Waals surface area contributed by atoms with E-state index in [-0.39, 0.29) is 11.5 Å². The molecule has 0 aliphatic heterocycles. The number of aliphatic hydroxyl groups is 2. The summed E-state index contributed by atoms with van der Waals surface area (Å²) in [6, 6.07) is 0. The highest BCUT2D eigenvalue weighted by Crippen LogP contribution is 2.74. The van der Waals surface area contributed by atoms with Gasteiger partial charge in [-0.05, 0) is 117 Å². The summed E-state index contributed by atoms with van der Waals surface area (Å²) < 4.78 is 0. The summed E-state index contributed by atoms with van der Waals surface area (Å²) >= 11 is 0. The van der Waals surface area contributed by atoms with Crippen molar-refractivity contribution < 1.29 is 10.2 Å². The predicted molar refractivity (Wildman–Crippen MR) is 134 cm³/mol. The van der Waals surface area contributed by atoms with Crippen molar-refractivity contribution in [2.24, 2.45) is 45.3 Å². The first kappa shape index (κ1) is 24.5. The molecule has 4 saturated carbocycles. The SMILES string of the molecule is C=C(CC=CC(C)(C)O)C1CCC2(C)C3CCC4C(C)(C)C(O)CCC4(C)C3CCC12C. The molecule has 32 heavy (non-hydrogen) atoms. The van der Waals surface area contributed by atoms with E-state index in [1.807, 2.05) is 19.9 Å². The summed E-state index contributed by atoms with van der Waals surface area (Å²) in [6.45, 7) is 20.8. The maximum Gasteiger partial charge on any atom is 0.0771 e. The molecule has 0 heterocycles. The molecular weight excluding hydrogens is 392 g/mol. The largest absolute Gasteiger partial charge is 0.393 e. The number of hydrogen-bond acceptors (Lipinski definition) is 2. The second-order valence-electron chi connectivity index (χ2n) is 14.1. The van der Waals surface area contributed by atoms with Crippen LogP contribution in [0.2, 0.25) is 0 Å². The number of hydrogen-bond donors (Lipinski definition) is 2. The molecule has 182 valence electrons. The molecule has 8 atom stereocenters. The van der Waals surface area contributed by atoms with E-state index in [4.69, 9.17) is 0 Å². The Kier molecular flexibility index (Phi) is 5.90. The zero-order valence-corrected chi connectivity index (χ0v) is 22.0. The third kappa shape index (κ3) is 3.49. The van der Waals surface area contributed by atoms with Crippen molar-refractivity contribution in [1.29, 1.82) is 0 Å². The first-order valence-electron chi connectivity index (χ1n) is 13.4. The minimum absolute atomic E-state index is 0.0406. The zero-order valence-electron chi connectivity index (χ0n) is 22.0. The Morgan fingerprint density at radius 3 is 2.22 bits per heavy atom. The number of fused-ring (bicyclic) bond motifs is 5. The van der Waals surface area contributed by atoms with Gasteiger partial charge in [-0.1, -0.05) is 58.9 Å². The maximum absolute atomic E-state index is 10.8. The van der Waals surface area contributed by atoms with Crippen molar-refractivity contribution in [2.45, 2.75) is 118 Å². The van der Waals surface area contributed by atoms with E-state index < -0.39 is 5.60 Å². The Bertz CT molecular complexity index is 772. The van der Waals surface area contributed by atoms with Gasteiger partial charge in [0.25, 0.3) is 0 Å². The number of allylic oxidation sites excluding steroid dienone is 2. The van der Waals surface area contributed by atoms with E-state index in [9.17, 15) is 10.2 Å². The van der Waals surface area contributed by atoms with Crippen molar-refractivity contribution in [3.05, 3.63) is 24.3 Å². The second-order valence-corrected chi connectivity index (χ2v) is 14.1. The lowest BCUT2D eigenvalue weighted by molar-refractivity contribution is -0.197. The van der Waals surface area contributed by atoms with E-state index in [1.165, 1.54) is 50.5 Å². The Hall–Kier alpha value is -0.600. The zero-order chi connectivity index (χ0) is 23.7. The Morgan fingerprint density at radius 2 is 1.56 bits per heavy atom. The van der Waals surface area contributed by atoms with Gasteiger partial charge in [0.2, 0.25) is 0 Å². The van der Waals surface area contributed by atoms with Gasteiger partial charge in [0.05, 0.1) is 11.7 Å². The van der Waals surface area contributed by atoms with Gasteiger partial charge < -0.3 is 10.2 Å². The summed E-state index contributed by atoms with van der Waals surface area (Å²) in [5.41, 5.74) is 1.76. The fourth-order valence-corrected chi connectivity index (χ4v) is 9.79. The lowest BCUT2D eigenvalue weighted by atomic mass is 9.38. The summed E-state index contributed by atoms with van der Waals surface area (Å²) in [4.78, 5) is 0. The fourth-order valence-electron chi connectivity index (χ4n) is 9.79. The molecule has 4 fully saturated rings. The van der Waals surface area contributed by atoms with E-state index >= 15 is 0 Å². The minimum atomic E-state index is -0.748. The van der Waals surface area contributed by atoms with Gasteiger partial charge in [-0.15, -0.1) is 0 Å². The van der Waals surface area contributed by atoms with Gasteiger partial charge in [0, 0.05) is 0 Å². The van der Waals surface area contributed by atoms with Crippen molar-refractivity contribution in [2.75, 3.05) is 0 Å². The maximum atomic E-state index is 10.8. The molecule has 0 saturated heterocycles. The van der Waals surface area contributed by atoms with Crippen LogP contribution in [0.1, 0.15) is 106 Å². The van der Waals surface area contributed by atoms with Crippen molar-refractivity contribution in [3.63, 3.8) is 0 Å². The van der Waals surface area contributed by atoms with Gasteiger partial charge in [-0.25, -0.2) is 0 Å². The molecule has 8 unspecified atom stereocenters. The predicted octanol–water partition coefficient (Wildman–Crippen LogP) is 7.31. The summed E-state index contributed by atoms with van der Waals surface area (Å²) in [6.07, 6.45) is 14.9. The first-order valence-corrected chi connectivity index (χ1v) is 13.4. The van der Waals surface area contributed by atoms with E-state index in [2.05, 4.69) is 47.3 Å². The average molecular weight is 443 g/mol. The molecule has 0 amide bonds. The van der Waals surface area contributed by atoms with Crippen LogP contribution in [0.15, 0.2) is 24.3 Å². The van der Waals surface area contributed by atoms with Crippen molar-refractivity contribution in [3.8, 4) is 0 Å². The van der Waals surface area contributed by atoms with Crippen LogP contribution in [0, 0.1) is 45.3 Å². The highest BCUT2D eigenvalue weighted by atomic mass is 16.3. The van der Waals surface area contributed by atoms with Gasteiger partial charge >= 0.3 is 0 Å². The van der Waals surface area contributed by atoms with Crippen LogP contribution in [0.25, 0.3) is 0 Å². The Balaban J connectivity index is 1.58. The molecule has 0 aromatic rings. The lowest BCUT2D eigenvalue weighted by Crippen LogP contribution is -2.61. The van der Waals surface area contributed by atoms with Crippen LogP contribution in [0.5, 0.6) is 0 Å². The molecule has 0 spiro atoms. The summed E-state index contributed by atoms with van der Waals surface area (Å²) in [5, 5.41) is 20.9. The third-order valence-electron chi connectivity index (χ3n) is 11.8. The monoisotopic (exact) mass is 442 g/mol. The quantitative estimate of drug-likeness (QED) is 0.448. The smallest absolute Gasteiger partial charge is 0.0771 e. The standard InChI is InChI=1S/C30H50O2/c1-20(10-9-16-26(2,3)32)21-13-18-30(8)23-11-12-24-27(4,5)25(31)15-17-28(24,6)22(23)14-19-29(21,30)7/h9,16,21-25,31-32H,1,10-15,17-19H2,2-8H3. The van der Waals surface area contributed by atoms with Crippen molar-refractivity contribution in [1.82, 2.24) is 0 Å². The van der Waals surface area contributed by atoms with Gasteiger partial charge in [-0.2, -0.15) is 0 Å². The lowest BCUT2D eigenvalue weighted by Gasteiger charge is -2.67. The molecule has 2 heteroatoms. The molecule has 0 radical (unpaired) electrons. The molecule has 2 N–H and O–H groups in total. The van der Waals surface area contributed by atoms with Crippen molar-refractivity contribution >= 4 is 0 Å². The molecular formula is C30H50O2. The van der Waals surface area contributed by atoms with Gasteiger partial charge in [0.1, 0.15) is 0 Å². The highest BCUT2D eigenvalue weighted by Gasteiger charge is 2.67. The van der Waals surface area contributed by atoms with E-state index in [0.717, 1.165) is 24.7 Å². The molecule has 2 nitrogen and oxygen atoms in total. The van der Waals surface area contributed by atoms with Gasteiger partial charge in [-0.3, -0.25) is 0 Å². The van der Waals surface area contributed by atoms with Crippen LogP contribution in [0.4, 0.5) is 0 Å². The average Bonchev–Trinajstić information content (AvgIpc) is 2.96. The molecule has 0 bridgehead atoms.